The van der Waals surface area contributed by atoms with Crippen LogP contribution < -0.4 is 10.6 Å². The van der Waals surface area contributed by atoms with Crippen LogP contribution in [-0.2, 0) is 6.42 Å². The van der Waals surface area contributed by atoms with Crippen molar-refractivity contribution in [2.75, 3.05) is 20.1 Å². The maximum absolute atomic E-state index is 12.9. The van der Waals surface area contributed by atoms with Gasteiger partial charge in [0.15, 0.2) is 5.96 Å². The third-order valence-electron chi connectivity index (χ3n) is 3.08. The number of benzene rings is 1. The molecule has 1 heterocycles. The van der Waals surface area contributed by atoms with Crippen molar-refractivity contribution >= 4 is 29.9 Å². The fourth-order valence-electron chi connectivity index (χ4n) is 1.92. The van der Waals surface area contributed by atoms with E-state index < -0.39 is 0 Å². The van der Waals surface area contributed by atoms with Crippen LogP contribution in [0.2, 0.25) is 0 Å². The van der Waals surface area contributed by atoms with Crippen LogP contribution in [-0.4, -0.2) is 31.1 Å². The van der Waals surface area contributed by atoms with Crippen LogP contribution in [0, 0.1) is 5.82 Å². The molecular weight excluding hydrogens is 410 g/mol. The lowest BCUT2D eigenvalue weighted by Gasteiger charge is -2.09. The molecule has 0 bridgehead atoms. The third-order valence-corrected chi connectivity index (χ3v) is 3.08. The van der Waals surface area contributed by atoms with Gasteiger partial charge in [0, 0.05) is 32.1 Å². The van der Waals surface area contributed by atoms with Gasteiger partial charge >= 0.3 is 0 Å². The Morgan fingerprint density at radius 3 is 2.57 bits per heavy atom. The highest BCUT2D eigenvalue weighted by molar-refractivity contribution is 14.0. The summed E-state index contributed by atoms with van der Waals surface area (Å²) >= 11 is 0. The first kappa shape index (κ1) is 19.4. The highest BCUT2D eigenvalue weighted by Crippen LogP contribution is 2.18. The number of guanidine groups is 1. The minimum Gasteiger partial charge on any atom is -0.444 e. The van der Waals surface area contributed by atoms with Crippen LogP contribution in [0.15, 0.2) is 39.9 Å². The molecule has 2 aromatic rings. The molecule has 0 fully saturated rings. The summed E-state index contributed by atoms with van der Waals surface area (Å²) in [6.45, 7) is 3.70. The lowest BCUT2D eigenvalue weighted by Crippen LogP contribution is -2.38. The van der Waals surface area contributed by atoms with Crippen LogP contribution >= 0.6 is 24.0 Å². The fraction of sp³-hybridized carbons (Fsp3) is 0.375. The lowest BCUT2D eigenvalue weighted by atomic mass is 10.2. The molecule has 5 nitrogen and oxygen atoms in total. The topological polar surface area (TPSA) is 62.5 Å². The van der Waals surface area contributed by atoms with Gasteiger partial charge < -0.3 is 15.1 Å². The Hall–Kier alpha value is -1.64. The summed E-state index contributed by atoms with van der Waals surface area (Å²) in [5.41, 5.74) is 1.61. The number of hydrogen-bond acceptors (Lipinski definition) is 3. The summed E-state index contributed by atoms with van der Waals surface area (Å²) in [6.07, 6.45) is 3.39. The Balaban J connectivity index is 0.00000264. The molecule has 0 atom stereocenters. The fourth-order valence-corrected chi connectivity index (χ4v) is 1.92. The number of nitrogens with one attached hydrogen (secondary N) is 2. The van der Waals surface area contributed by atoms with Crippen molar-refractivity contribution in [2.45, 2.75) is 19.8 Å². The number of hydrogen-bond donors (Lipinski definition) is 2. The SMILES string of the molecule is CCCNC(=NC)NCCc1coc(-c2ccc(F)cc2)n1.I. The van der Waals surface area contributed by atoms with E-state index in [9.17, 15) is 4.39 Å². The van der Waals surface area contributed by atoms with Gasteiger partial charge in [-0.2, -0.15) is 0 Å². The molecular formula is C16H22FIN4O. The molecule has 0 unspecified atom stereocenters. The van der Waals surface area contributed by atoms with Crippen molar-refractivity contribution in [1.29, 1.82) is 0 Å². The summed E-state index contributed by atoms with van der Waals surface area (Å²) in [5, 5.41) is 6.42. The molecule has 1 aromatic heterocycles. The molecule has 2 rings (SSSR count). The van der Waals surface area contributed by atoms with E-state index in [4.69, 9.17) is 4.42 Å². The molecule has 0 radical (unpaired) electrons. The van der Waals surface area contributed by atoms with Crippen molar-refractivity contribution in [3.63, 3.8) is 0 Å². The van der Waals surface area contributed by atoms with Gasteiger partial charge in [0.1, 0.15) is 12.1 Å². The average Bonchev–Trinajstić information content (AvgIpc) is 3.00. The van der Waals surface area contributed by atoms with E-state index in [0.29, 0.717) is 12.4 Å². The van der Waals surface area contributed by atoms with Gasteiger partial charge in [0.2, 0.25) is 5.89 Å². The van der Waals surface area contributed by atoms with E-state index in [0.717, 1.165) is 36.6 Å². The Kier molecular flexibility index (Phi) is 8.60. The Morgan fingerprint density at radius 2 is 1.91 bits per heavy atom. The van der Waals surface area contributed by atoms with Gasteiger partial charge in [-0.1, -0.05) is 6.92 Å². The first-order valence-corrected chi connectivity index (χ1v) is 7.37. The van der Waals surface area contributed by atoms with Crippen LogP contribution in [0.25, 0.3) is 11.5 Å². The molecule has 126 valence electrons. The van der Waals surface area contributed by atoms with Crippen LogP contribution in [0.4, 0.5) is 4.39 Å². The number of aliphatic imine (C=N–C) groups is 1. The zero-order valence-corrected chi connectivity index (χ0v) is 15.6. The van der Waals surface area contributed by atoms with E-state index >= 15 is 0 Å². The predicted octanol–water partition coefficient (Wildman–Crippen LogP) is 3.22. The van der Waals surface area contributed by atoms with Crippen LogP contribution in [0.1, 0.15) is 19.0 Å². The predicted molar refractivity (Wildman–Crippen MR) is 101 cm³/mol. The third kappa shape index (κ3) is 6.17. The van der Waals surface area contributed by atoms with Crippen molar-refractivity contribution in [3.05, 3.63) is 42.0 Å². The summed E-state index contributed by atoms with van der Waals surface area (Å²) in [5.74, 6) is 1.01. The van der Waals surface area contributed by atoms with E-state index in [2.05, 4.69) is 27.5 Å². The molecule has 0 amide bonds. The normalized spacial score (nSPS) is 11.0. The van der Waals surface area contributed by atoms with Gasteiger partial charge in [-0.25, -0.2) is 9.37 Å². The first-order chi connectivity index (χ1) is 10.7. The molecule has 23 heavy (non-hydrogen) atoms. The summed E-state index contributed by atoms with van der Waals surface area (Å²) in [6, 6.07) is 6.09. The number of aromatic nitrogens is 1. The molecule has 0 aliphatic rings. The number of halogens is 2. The Labute approximate surface area is 152 Å². The molecule has 7 heteroatoms. The minimum absolute atomic E-state index is 0. The number of oxazole rings is 1. The van der Waals surface area contributed by atoms with E-state index in [1.165, 1.54) is 12.1 Å². The number of rotatable bonds is 6. The van der Waals surface area contributed by atoms with Crippen molar-refractivity contribution in [2.24, 2.45) is 4.99 Å². The van der Waals surface area contributed by atoms with E-state index in [-0.39, 0.29) is 29.8 Å². The van der Waals surface area contributed by atoms with Crippen LogP contribution in [0.5, 0.6) is 0 Å². The average molecular weight is 432 g/mol. The zero-order valence-electron chi connectivity index (χ0n) is 13.3. The molecule has 1 aromatic carbocycles. The summed E-state index contributed by atoms with van der Waals surface area (Å²) in [7, 11) is 1.74. The van der Waals surface area contributed by atoms with Gasteiger partial charge in [-0.15, -0.1) is 24.0 Å². The van der Waals surface area contributed by atoms with E-state index in [1.54, 1.807) is 25.4 Å². The van der Waals surface area contributed by atoms with Crippen LogP contribution in [0.3, 0.4) is 0 Å². The largest absolute Gasteiger partial charge is 0.444 e. The first-order valence-electron chi connectivity index (χ1n) is 7.37. The highest BCUT2D eigenvalue weighted by Gasteiger charge is 2.07. The van der Waals surface area contributed by atoms with E-state index in [1.807, 2.05) is 0 Å². The maximum Gasteiger partial charge on any atom is 0.226 e. The summed E-state index contributed by atoms with van der Waals surface area (Å²) < 4.78 is 18.3. The van der Waals surface area contributed by atoms with Gasteiger partial charge in [-0.05, 0) is 30.7 Å². The monoisotopic (exact) mass is 432 g/mol. The molecule has 0 aliphatic heterocycles. The maximum atomic E-state index is 12.9. The molecule has 2 N–H and O–H groups in total. The van der Waals surface area contributed by atoms with Gasteiger partial charge in [0.25, 0.3) is 0 Å². The van der Waals surface area contributed by atoms with Gasteiger partial charge in [0.05, 0.1) is 5.69 Å². The molecule has 0 saturated carbocycles. The minimum atomic E-state index is -0.273. The van der Waals surface area contributed by atoms with Gasteiger partial charge in [-0.3, -0.25) is 4.99 Å². The second-order valence-corrected chi connectivity index (χ2v) is 4.83. The molecule has 0 spiro atoms. The smallest absolute Gasteiger partial charge is 0.226 e. The molecule has 0 saturated heterocycles. The second-order valence-electron chi connectivity index (χ2n) is 4.83. The van der Waals surface area contributed by atoms with Crippen molar-refractivity contribution in [3.8, 4) is 11.5 Å². The quantitative estimate of drug-likeness (QED) is 0.418. The van der Waals surface area contributed by atoms with Crippen molar-refractivity contribution < 1.29 is 8.81 Å². The molecule has 0 aliphatic carbocycles. The standard InChI is InChI=1S/C16H21FN4O.HI/c1-3-9-19-16(18-2)20-10-8-14-11-22-15(21-14)12-4-6-13(17)7-5-12;/h4-7,11H,3,8-10H2,1-2H3,(H2,18,19,20);1H. The highest BCUT2D eigenvalue weighted by atomic mass is 127. The van der Waals surface area contributed by atoms with Crippen molar-refractivity contribution in [1.82, 2.24) is 15.6 Å². The second kappa shape index (κ2) is 10.2. The lowest BCUT2D eigenvalue weighted by molar-refractivity contribution is 0.571. The summed E-state index contributed by atoms with van der Waals surface area (Å²) in [4.78, 5) is 8.54. The Bertz CT molecular complexity index is 613. The number of nitrogens with zero attached hydrogens (tertiary/aromatic N) is 2. The Morgan fingerprint density at radius 1 is 1.22 bits per heavy atom. The zero-order chi connectivity index (χ0) is 15.8.